The summed E-state index contributed by atoms with van der Waals surface area (Å²) in [4.78, 5) is 22.9. The molecule has 0 aromatic carbocycles. The van der Waals surface area contributed by atoms with Gasteiger partial charge in [-0.2, -0.15) is 0 Å². The molecule has 2 aromatic rings. The zero-order chi connectivity index (χ0) is 15.4. The predicted octanol–water partition coefficient (Wildman–Crippen LogP) is 2.88. The van der Waals surface area contributed by atoms with E-state index in [-0.39, 0.29) is 23.4 Å². The monoisotopic (exact) mass is 300 g/mol. The van der Waals surface area contributed by atoms with Crippen molar-refractivity contribution < 1.29 is 4.92 Å². The van der Waals surface area contributed by atoms with Crippen molar-refractivity contribution in [2.45, 2.75) is 31.7 Å². The van der Waals surface area contributed by atoms with Crippen molar-refractivity contribution in [1.29, 1.82) is 0 Å². The lowest BCUT2D eigenvalue weighted by molar-refractivity contribution is -0.383. The van der Waals surface area contributed by atoms with Crippen LogP contribution in [0.1, 0.15) is 25.7 Å². The fraction of sp³-hybridized carbons (Fsp3) is 0.357. The lowest BCUT2D eigenvalue weighted by Crippen LogP contribution is -2.17. The van der Waals surface area contributed by atoms with Crippen LogP contribution in [0.5, 0.6) is 0 Å². The summed E-state index contributed by atoms with van der Waals surface area (Å²) in [7, 11) is 0. The van der Waals surface area contributed by atoms with Gasteiger partial charge < -0.3 is 10.6 Å². The van der Waals surface area contributed by atoms with Gasteiger partial charge in [0.2, 0.25) is 11.6 Å². The van der Waals surface area contributed by atoms with Gasteiger partial charge >= 0.3 is 5.69 Å². The molecule has 0 saturated heterocycles. The van der Waals surface area contributed by atoms with Crippen molar-refractivity contribution in [3.63, 3.8) is 0 Å². The van der Waals surface area contributed by atoms with Gasteiger partial charge in [-0.1, -0.05) is 12.8 Å². The summed E-state index contributed by atoms with van der Waals surface area (Å²) in [6.07, 6.45) is 8.83. The van der Waals surface area contributed by atoms with Crippen LogP contribution < -0.4 is 10.6 Å². The second kappa shape index (κ2) is 6.33. The minimum atomic E-state index is -0.458. The van der Waals surface area contributed by atoms with E-state index in [9.17, 15) is 10.1 Å². The lowest BCUT2D eigenvalue weighted by Gasteiger charge is -2.14. The number of aromatic nitrogens is 3. The molecule has 22 heavy (non-hydrogen) atoms. The van der Waals surface area contributed by atoms with Gasteiger partial charge in [-0.15, -0.1) is 0 Å². The Bertz CT molecular complexity index is 658. The predicted molar refractivity (Wildman–Crippen MR) is 82.1 cm³/mol. The molecule has 1 aliphatic rings. The first-order valence-electron chi connectivity index (χ1n) is 7.17. The van der Waals surface area contributed by atoms with E-state index in [4.69, 9.17) is 0 Å². The summed E-state index contributed by atoms with van der Waals surface area (Å²) < 4.78 is 0. The van der Waals surface area contributed by atoms with Gasteiger partial charge in [0.1, 0.15) is 6.33 Å². The van der Waals surface area contributed by atoms with E-state index < -0.39 is 4.92 Å². The first-order chi connectivity index (χ1) is 10.7. The number of rotatable bonds is 5. The highest BCUT2D eigenvalue weighted by Gasteiger charge is 2.26. The summed E-state index contributed by atoms with van der Waals surface area (Å²) >= 11 is 0. The molecular formula is C14H16N6O2. The van der Waals surface area contributed by atoms with Crippen molar-refractivity contribution in [2.24, 2.45) is 0 Å². The van der Waals surface area contributed by atoms with Crippen LogP contribution in [0.25, 0.3) is 0 Å². The number of pyridine rings is 1. The second-order valence-corrected chi connectivity index (χ2v) is 5.16. The number of hydrogen-bond acceptors (Lipinski definition) is 7. The molecule has 3 rings (SSSR count). The highest BCUT2D eigenvalue weighted by atomic mass is 16.6. The zero-order valence-electron chi connectivity index (χ0n) is 11.9. The van der Waals surface area contributed by atoms with E-state index in [1.165, 1.54) is 6.33 Å². The molecule has 2 heterocycles. The van der Waals surface area contributed by atoms with Crippen molar-refractivity contribution in [3.8, 4) is 0 Å². The van der Waals surface area contributed by atoms with Crippen LogP contribution in [-0.4, -0.2) is 25.9 Å². The molecule has 8 heteroatoms. The molecule has 0 radical (unpaired) electrons. The Balaban J connectivity index is 1.90. The third-order valence-electron chi connectivity index (χ3n) is 3.64. The van der Waals surface area contributed by atoms with Crippen LogP contribution in [0.4, 0.5) is 23.0 Å². The molecule has 1 aliphatic carbocycles. The van der Waals surface area contributed by atoms with E-state index in [1.54, 1.807) is 24.5 Å². The maximum absolute atomic E-state index is 11.4. The highest BCUT2D eigenvalue weighted by Crippen LogP contribution is 2.33. The SMILES string of the molecule is O=[N+]([O-])c1c(Nc2ccncc2)ncnc1NC1CCCC1. The average molecular weight is 300 g/mol. The molecule has 2 N–H and O–H groups in total. The number of hydrogen-bond donors (Lipinski definition) is 2. The molecule has 1 fully saturated rings. The molecule has 0 unspecified atom stereocenters. The minimum absolute atomic E-state index is 0.133. The van der Waals surface area contributed by atoms with Gasteiger partial charge in [0.15, 0.2) is 0 Å². The summed E-state index contributed by atoms with van der Waals surface area (Å²) in [5, 5.41) is 17.6. The Labute approximate surface area is 127 Å². The van der Waals surface area contributed by atoms with E-state index >= 15 is 0 Å². The molecule has 0 bridgehead atoms. The molecule has 0 aliphatic heterocycles. The van der Waals surface area contributed by atoms with Crippen molar-refractivity contribution in [3.05, 3.63) is 41.0 Å². The third-order valence-corrected chi connectivity index (χ3v) is 3.64. The van der Waals surface area contributed by atoms with E-state index in [2.05, 4.69) is 25.6 Å². The quantitative estimate of drug-likeness (QED) is 0.646. The molecular weight excluding hydrogens is 284 g/mol. The molecule has 2 aromatic heterocycles. The van der Waals surface area contributed by atoms with Crippen molar-refractivity contribution in [1.82, 2.24) is 15.0 Å². The highest BCUT2D eigenvalue weighted by molar-refractivity contribution is 5.73. The summed E-state index contributed by atoms with van der Waals surface area (Å²) in [5.74, 6) is 0.440. The van der Waals surface area contributed by atoms with Crippen LogP contribution >= 0.6 is 0 Å². The second-order valence-electron chi connectivity index (χ2n) is 5.16. The normalized spacial score (nSPS) is 14.7. The Morgan fingerprint density at radius 3 is 2.50 bits per heavy atom. The zero-order valence-corrected chi connectivity index (χ0v) is 11.9. The molecule has 1 saturated carbocycles. The van der Waals surface area contributed by atoms with Gasteiger partial charge in [-0.25, -0.2) is 9.97 Å². The van der Waals surface area contributed by atoms with Gasteiger partial charge in [0.25, 0.3) is 0 Å². The molecule has 114 valence electrons. The number of anilines is 3. The largest absolute Gasteiger partial charge is 0.361 e. The average Bonchev–Trinajstić information content (AvgIpc) is 3.01. The smallest absolute Gasteiger partial charge is 0.353 e. The molecule has 0 atom stereocenters. The summed E-state index contributed by atoms with van der Waals surface area (Å²) in [6, 6.07) is 3.67. The van der Waals surface area contributed by atoms with Crippen LogP contribution in [0.3, 0.4) is 0 Å². The standard InChI is InChI=1S/C14H16N6O2/c21-20(22)12-13(18-10-3-1-2-4-10)16-9-17-14(12)19-11-5-7-15-8-6-11/h5-10H,1-4H2,(H2,15,16,17,18,19). The number of nitrogens with zero attached hydrogens (tertiary/aromatic N) is 4. The van der Waals surface area contributed by atoms with E-state index in [0.29, 0.717) is 5.69 Å². The van der Waals surface area contributed by atoms with Crippen LogP contribution in [0, 0.1) is 10.1 Å². The third kappa shape index (κ3) is 3.11. The summed E-state index contributed by atoms with van der Waals surface area (Å²) in [5.41, 5.74) is 0.551. The van der Waals surface area contributed by atoms with Gasteiger partial charge in [-0.05, 0) is 25.0 Å². The fourth-order valence-electron chi connectivity index (χ4n) is 2.58. The van der Waals surface area contributed by atoms with Crippen LogP contribution in [0.15, 0.2) is 30.9 Å². The van der Waals surface area contributed by atoms with Gasteiger partial charge in [0, 0.05) is 24.1 Å². The topological polar surface area (TPSA) is 106 Å². The molecule has 0 spiro atoms. The van der Waals surface area contributed by atoms with Crippen molar-refractivity contribution >= 4 is 23.0 Å². The van der Waals surface area contributed by atoms with Crippen molar-refractivity contribution in [2.75, 3.05) is 10.6 Å². The number of nitro groups is 1. The maximum atomic E-state index is 11.4. The fourth-order valence-corrected chi connectivity index (χ4v) is 2.58. The Hall–Kier alpha value is -2.77. The van der Waals surface area contributed by atoms with Crippen LogP contribution in [0.2, 0.25) is 0 Å². The Morgan fingerprint density at radius 1 is 1.14 bits per heavy atom. The first kappa shape index (κ1) is 14.2. The van der Waals surface area contributed by atoms with Gasteiger partial charge in [-0.3, -0.25) is 15.1 Å². The lowest BCUT2D eigenvalue weighted by atomic mass is 10.2. The Morgan fingerprint density at radius 2 is 1.82 bits per heavy atom. The molecule has 8 nitrogen and oxygen atoms in total. The summed E-state index contributed by atoms with van der Waals surface area (Å²) in [6.45, 7) is 0. The number of nitrogens with one attached hydrogen (secondary N) is 2. The molecule has 0 amide bonds. The minimum Gasteiger partial charge on any atom is -0.361 e. The van der Waals surface area contributed by atoms with Crippen LogP contribution in [-0.2, 0) is 0 Å². The maximum Gasteiger partial charge on any atom is 0.353 e. The van der Waals surface area contributed by atoms with E-state index in [1.807, 2.05) is 0 Å². The van der Waals surface area contributed by atoms with E-state index in [0.717, 1.165) is 25.7 Å². The Kier molecular flexibility index (Phi) is 4.08. The van der Waals surface area contributed by atoms with Gasteiger partial charge in [0.05, 0.1) is 4.92 Å². The first-order valence-corrected chi connectivity index (χ1v) is 7.17.